The molecule has 2 bridgehead atoms. The molecular weight excluding hydrogens is 340 g/mol. The molecule has 2 aliphatic rings. The van der Waals surface area contributed by atoms with E-state index in [1.807, 2.05) is 11.9 Å². The van der Waals surface area contributed by atoms with E-state index in [2.05, 4.69) is 43.4 Å². The molecule has 2 fully saturated rings. The number of benzene rings is 1. The number of carbonyl (C=O) groups excluding carboxylic acids is 1. The highest BCUT2D eigenvalue weighted by Gasteiger charge is 2.36. The fraction of sp³-hybridized carbons (Fsp3) is 0.632. The number of piperidine rings is 1. The van der Waals surface area contributed by atoms with Crippen LogP contribution in [0.25, 0.3) is 0 Å². The number of hydrogen-bond donors (Lipinski definition) is 1. The van der Waals surface area contributed by atoms with Crippen LogP contribution in [0.3, 0.4) is 0 Å². The molecule has 1 aromatic rings. The molecule has 24 heavy (non-hydrogen) atoms. The minimum Gasteiger partial charge on any atom is -0.342 e. The Bertz CT molecular complexity index is 537. The van der Waals surface area contributed by atoms with Gasteiger partial charge in [-0.25, -0.2) is 0 Å². The Morgan fingerprint density at radius 2 is 1.79 bits per heavy atom. The smallest absolute Gasteiger partial charge is 0.232 e. The van der Waals surface area contributed by atoms with Gasteiger partial charge in [0.1, 0.15) is 0 Å². The van der Waals surface area contributed by atoms with Crippen molar-refractivity contribution in [2.24, 2.45) is 0 Å². The van der Waals surface area contributed by atoms with Crippen LogP contribution in [0.15, 0.2) is 29.2 Å². The third kappa shape index (κ3) is 4.68. The van der Waals surface area contributed by atoms with E-state index in [1.165, 1.54) is 23.3 Å². The van der Waals surface area contributed by atoms with Gasteiger partial charge in [0, 0.05) is 30.1 Å². The first-order chi connectivity index (χ1) is 11.0. The molecule has 2 saturated heterocycles. The van der Waals surface area contributed by atoms with Crippen LogP contribution in [-0.2, 0) is 4.79 Å². The van der Waals surface area contributed by atoms with Crippen LogP contribution < -0.4 is 5.32 Å². The first-order valence-corrected chi connectivity index (χ1v) is 9.76. The van der Waals surface area contributed by atoms with Crippen LogP contribution in [0.4, 0.5) is 0 Å². The van der Waals surface area contributed by atoms with Crippen molar-refractivity contribution in [1.29, 1.82) is 0 Å². The van der Waals surface area contributed by atoms with Crippen LogP contribution in [-0.4, -0.2) is 41.7 Å². The van der Waals surface area contributed by atoms with Gasteiger partial charge in [-0.05, 0) is 49.3 Å². The van der Waals surface area contributed by atoms with Crippen LogP contribution in [0.2, 0.25) is 0 Å². The number of hydrogen-bond acceptors (Lipinski definition) is 3. The Labute approximate surface area is 156 Å². The summed E-state index contributed by atoms with van der Waals surface area (Å²) in [4.78, 5) is 15.7. The third-order valence-corrected chi connectivity index (χ3v) is 6.30. The van der Waals surface area contributed by atoms with Crippen molar-refractivity contribution in [2.75, 3.05) is 12.8 Å². The summed E-state index contributed by atoms with van der Waals surface area (Å²) in [6.45, 7) is 4.40. The van der Waals surface area contributed by atoms with E-state index in [9.17, 15) is 4.79 Å². The van der Waals surface area contributed by atoms with E-state index in [1.54, 1.807) is 11.8 Å². The average molecular weight is 369 g/mol. The lowest BCUT2D eigenvalue weighted by atomic mass is 9.98. The molecule has 2 unspecified atom stereocenters. The molecule has 2 aliphatic heterocycles. The lowest BCUT2D eigenvalue weighted by Crippen LogP contribution is -2.49. The number of thioether (sulfide) groups is 1. The quantitative estimate of drug-likeness (QED) is 0.795. The summed E-state index contributed by atoms with van der Waals surface area (Å²) in [5, 5.41) is 3.64. The second-order valence-corrected chi connectivity index (χ2v) is 8.33. The molecule has 3 nitrogen and oxygen atoms in total. The van der Waals surface area contributed by atoms with Gasteiger partial charge in [-0.15, -0.1) is 24.2 Å². The number of nitrogens with zero attached hydrogens (tertiary/aromatic N) is 1. The van der Waals surface area contributed by atoms with Gasteiger partial charge in [0.15, 0.2) is 0 Å². The Morgan fingerprint density at radius 1 is 1.21 bits per heavy atom. The largest absolute Gasteiger partial charge is 0.342 e. The van der Waals surface area contributed by atoms with Crippen LogP contribution >= 0.6 is 24.2 Å². The molecule has 0 aliphatic carbocycles. The fourth-order valence-corrected chi connectivity index (χ4v) is 4.57. The molecule has 1 N–H and O–H groups in total. The van der Waals surface area contributed by atoms with Crippen molar-refractivity contribution in [3.8, 4) is 0 Å². The lowest BCUT2D eigenvalue weighted by molar-refractivity contribution is -0.129. The summed E-state index contributed by atoms with van der Waals surface area (Å²) < 4.78 is 0. The molecule has 1 aromatic carbocycles. The number of rotatable bonds is 5. The van der Waals surface area contributed by atoms with Gasteiger partial charge in [-0.1, -0.05) is 26.0 Å². The topological polar surface area (TPSA) is 32.3 Å². The highest BCUT2D eigenvalue weighted by molar-refractivity contribution is 8.00. The molecule has 0 radical (unpaired) electrons. The SMILES string of the molecule is CC(C)c1ccc(SCC(=O)N(C)C2CC3CCC(C2)N3)cc1.Cl. The number of nitrogens with one attached hydrogen (secondary N) is 1. The van der Waals surface area contributed by atoms with E-state index in [0.717, 1.165) is 12.8 Å². The molecule has 3 rings (SSSR count). The highest BCUT2D eigenvalue weighted by atomic mass is 35.5. The average Bonchev–Trinajstić information content (AvgIpc) is 2.90. The normalized spacial score (nSPS) is 25.4. The van der Waals surface area contributed by atoms with Crippen molar-refractivity contribution in [1.82, 2.24) is 10.2 Å². The summed E-state index contributed by atoms with van der Waals surface area (Å²) in [6, 6.07) is 10.3. The van der Waals surface area contributed by atoms with E-state index < -0.39 is 0 Å². The fourth-order valence-electron chi connectivity index (χ4n) is 3.74. The van der Waals surface area contributed by atoms with Gasteiger partial charge in [-0.3, -0.25) is 4.79 Å². The Balaban J connectivity index is 0.00000208. The van der Waals surface area contributed by atoms with Crippen molar-refractivity contribution in [3.63, 3.8) is 0 Å². The third-order valence-electron chi connectivity index (χ3n) is 5.30. The summed E-state index contributed by atoms with van der Waals surface area (Å²) in [7, 11) is 1.99. The lowest BCUT2D eigenvalue weighted by Gasteiger charge is -2.35. The van der Waals surface area contributed by atoms with Gasteiger partial charge < -0.3 is 10.2 Å². The molecule has 2 atom stereocenters. The molecule has 0 saturated carbocycles. The standard InChI is InChI=1S/C19H28N2OS.ClH/c1-13(2)14-4-8-18(9-5-14)23-12-19(22)21(3)17-10-15-6-7-16(11-17)20-15;/h4-5,8-9,13,15-17,20H,6-7,10-12H2,1-3H3;1H. The molecule has 134 valence electrons. The van der Waals surface area contributed by atoms with Crippen molar-refractivity contribution in [3.05, 3.63) is 29.8 Å². The zero-order valence-corrected chi connectivity index (χ0v) is 16.5. The molecular formula is C19H29ClN2OS. The van der Waals surface area contributed by atoms with Crippen molar-refractivity contribution < 1.29 is 4.79 Å². The van der Waals surface area contributed by atoms with E-state index in [4.69, 9.17) is 0 Å². The maximum absolute atomic E-state index is 12.5. The molecule has 5 heteroatoms. The zero-order valence-electron chi connectivity index (χ0n) is 14.8. The Hall–Kier alpha value is -0.710. The minimum absolute atomic E-state index is 0. The maximum Gasteiger partial charge on any atom is 0.232 e. The minimum atomic E-state index is 0. The predicted octanol–water partition coefficient (Wildman–Crippen LogP) is 4.07. The van der Waals surface area contributed by atoms with Crippen LogP contribution in [0, 0.1) is 0 Å². The summed E-state index contributed by atoms with van der Waals surface area (Å²) in [5.74, 6) is 1.35. The van der Waals surface area contributed by atoms with Gasteiger partial charge in [0.05, 0.1) is 5.75 Å². The molecule has 2 heterocycles. The Kier molecular flexibility index (Phi) is 7.02. The summed E-state index contributed by atoms with van der Waals surface area (Å²) in [6.07, 6.45) is 4.79. The molecule has 0 aromatic heterocycles. The number of carbonyl (C=O) groups is 1. The first-order valence-electron chi connectivity index (χ1n) is 8.77. The van der Waals surface area contributed by atoms with E-state index >= 15 is 0 Å². The predicted molar refractivity (Wildman–Crippen MR) is 104 cm³/mol. The molecule has 0 spiro atoms. The van der Waals surface area contributed by atoms with Gasteiger partial charge in [0.2, 0.25) is 5.91 Å². The second-order valence-electron chi connectivity index (χ2n) is 7.28. The highest BCUT2D eigenvalue weighted by Crippen LogP contribution is 2.30. The van der Waals surface area contributed by atoms with E-state index in [0.29, 0.717) is 29.8 Å². The zero-order chi connectivity index (χ0) is 16.4. The molecule has 1 amide bonds. The second kappa shape index (κ2) is 8.59. The maximum atomic E-state index is 12.5. The van der Waals surface area contributed by atoms with Crippen LogP contribution in [0.1, 0.15) is 51.0 Å². The number of amides is 1. The van der Waals surface area contributed by atoms with Crippen LogP contribution in [0.5, 0.6) is 0 Å². The van der Waals surface area contributed by atoms with Gasteiger partial charge in [-0.2, -0.15) is 0 Å². The number of fused-ring (bicyclic) bond motifs is 2. The van der Waals surface area contributed by atoms with Crippen molar-refractivity contribution >= 4 is 30.1 Å². The van der Waals surface area contributed by atoms with Gasteiger partial charge >= 0.3 is 0 Å². The number of halogens is 1. The first kappa shape index (κ1) is 19.6. The summed E-state index contributed by atoms with van der Waals surface area (Å²) in [5.41, 5.74) is 1.35. The van der Waals surface area contributed by atoms with Gasteiger partial charge in [0.25, 0.3) is 0 Å². The van der Waals surface area contributed by atoms with Crippen molar-refractivity contribution in [2.45, 2.75) is 68.5 Å². The summed E-state index contributed by atoms with van der Waals surface area (Å²) >= 11 is 1.65. The van der Waals surface area contributed by atoms with E-state index in [-0.39, 0.29) is 18.3 Å². The monoisotopic (exact) mass is 368 g/mol. The Morgan fingerprint density at radius 3 is 2.33 bits per heavy atom.